The lowest BCUT2D eigenvalue weighted by molar-refractivity contribution is -0.138. The highest BCUT2D eigenvalue weighted by Gasteiger charge is 2.35. The van der Waals surface area contributed by atoms with Crippen LogP contribution in [0.2, 0.25) is 0 Å². The Kier molecular flexibility index (Phi) is 9.86. The summed E-state index contributed by atoms with van der Waals surface area (Å²) in [5.74, 6) is -2.20. The van der Waals surface area contributed by atoms with Crippen LogP contribution in [-0.4, -0.2) is 55.1 Å². The topological polar surface area (TPSA) is 185 Å². The molecule has 2 saturated heterocycles. The fourth-order valence-electron chi connectivity index (χ4n) is 6.58. The molecule has 2 fully saturated rings. The van der Waals surface area contributed by atoms with Gasteiger partial charge in [0.05, 0.1) is 12.3 Å². The Morgan fingerprint density at radius 1 is 0.932 bits per heavy atom. The predicted molar refractivity (Wildman–Crippen MR) is 165 cm³/mol. The molecule has 4 heterocycles. The summed E-state index contributed by atoms with van der Waals surface area (Å²) in [5, 5.41) is 34.7. The second kappa shape index (κ2) is 13.4. The monoisotopic (exact) mass is 606 g/mol. The van der Waals surface area contributed by atoms with Crippen molar-refractivity contribution in [3.8, 4) is 0 Å². The van der Waals surface area contributed by atoms with Crippen molar-refractivity contribution in [3.05, 3.63) is 74.2 Å². The standard InChI is InChI=1S/C33H42N4O7/c1-6-19-18(5)32(43)36-26(19)12-24-16(3)21(8-10-30(39)40)27(34-24)14-28-22(9-11-31(41)42)17(4)25(35-28)13-29-23(15-38)20(7-2)33(44)37-29/h7,12,15,18-19,29,34-35,38H,6,8-11,13-14H2,1-5H3,(H,36,43)(H,37,44)(H,39,40)(H,41,42)/b20-7-,23-15-,26-12-/t18-,19-,29-/m1/s1. The number of aliphatic hydroxyl groups is 1. The zero-order chi connectivity index (χ0) is 32.3. The molecule has 11 nitrogen and oxygen atoms in total. The third kappa shape index (κ3) is 6.51. The van der Waals surface area contributed by atoms with Crippen molar-refractivity contribution in [1.29, 1.82) is 0 Å². The first-order chi connectivity index (χ1) is 20.9. The number of carboxylic acids is 2. The van der Waals surface area contributed by atoms with Crippen LogP contribution < -0.4 is 10.6 Å². The van der Waals surface area contributed by atoms with Gasteiger partial charge in [-0.2, -0.15) is 0 Å². The number of carbonyl (C=O) groups excluding carboxylic acids is 2. The van der Waals surface area contributed by atoms with E-state index in [4.69, 9.17) is 0 Å². The Bertz CT molecular complexity index is 1570. The Labute approximate surface area is 256 Å². The summed E-state index contributed by atoms with van der Waals surface area (Å²) in [4.78, 5) is 54.9. The van der Waals surface area contributed by atoms with E-state index in [1.165, 1.54) is 0 Å². The first kappa shape index (κ1) is 32.4. The van der Waals surface area contributed by atoms with Crippen LogP contribution in [0.25, 0.3) is 6.08 Å². The fraction of sp³-hybridized carbons (Fsp3) is 0.455. The number of aliphatic hydroxyl groups excluding tert-OH is 1. The van der Waals surface area contributed by atoms with E-state index in [0.717, 1.165) is 63.4 Å². The summed E-state index contributed by atoms with van der Waals surface area (Å²) in [6, 6.07) is -0.455. The zero-order valence-electron chi connectivity index (χ0n) is 25.9. The molecular formula is C33H42N4O7. The third-order valence-corrected chi connectivity index (χ3v) is 9.11. The maximum atomic E-state index is 12.5. The van der Waals surface area contributed by atoms with Gasteiger partial charge in [-0.25, -0.2) is 0 Å². The van der Waals surface area contributed by atoms with Gasteiger partial charge in [-0.05, 0) is 68.4 Å². The molecule has 11 heteroatoms. The number of carboxylic acid groups (broad SMARTS) is 2. The van der Waals surface area contributed by atoms with Gasteiger partial charge >= 0.3 is 11.9 Å². The SMILES string of the molecule is C/C=C1\C(=O)N[C@H](Cc2[nH]c(Cc3[nH]c(/C=C4\NC(=O)[C@H](C)[C@H]4CC)c(C)c3CCC(=O)O)c(CCC(=O)O)c2C)\C1=C/O. The summed E-state index contributed by atoms with van der Waals surface area (Å²) in [7, 11) is 0. The van der Waals surface area contributed by atoms with Crippen LogP contribution in [0, 0.1) is 25.7 Å². The van der Waals surface area contributed by atoms with E-state index in [0.29, 0.717) is 30.4 Å². The van der Waals surface area contributed by atoms with Crippen molar-refractivity contribution in [2.24, 2.45) is 11.8 Å². The molecule has 7 N–H and O–H groups in total. The van der Waals surface area contributed by atoms with Gasteiger partial charge < -0.3 is 35.9 Å². The van der Waals surface area contributed by atoms with Gasteiger partial charge in [-0.3, -0.25) is 19.2 Å². The van der Waals surface area contributed by atoms with Crippen LogP contribution in [-0.2, 0) is 44.9 Å². The number of allylic oxidation sites excluding steroid dienone is 2. The normalized spacial score (nSPS) is 22.8. The Balaban J connectivity index is 1.75. The van der Waals surface area contributed by atoms with Crippen molar-refractivity contribution in [2.75, 3.05) is 0 Å². The molecule has 0 aliphatic carbocycles. The zero-order valence-corrected chi connectivity index (χ0v) is 25.9. The average Bonchev–Trinajstić information content (AvgIpc) is 3.63. The number of H-pyrrole nitrogens is 2. The van der Waals surface area contributed by atoms with Crippen molar-refractivity contribution in [3.63, 3.8) is 0 Å². The van der Waals surface area contributed by atoms with E-state index in [1.54, 1.807) is 13.0 Å². The molecule has 2 aromatic heterocycles. The lowest BCUT2D eigenvalue weighted by atomic mass is 9.92. The van der Waals surface area contributed by atoms with E-state index in [1.807, 2.05) is 33.8 Å². The Morgan fingerprint density at radius 3 is 2.11 bits per heavy atom. The number of aromatic nitrogens is 2. The second-order valence-corrected chi connectivity index (χ2v) is 11.7. The van der Waals surface area contributed by atoms with Gasteiger partial charge in [0.25, 0.3) is 5.91 Å². The molecule has 3 atom stereocenters. The number of nitrogens with one attached hydrogen (secondary N) is 4. The molecule has 2 amide bonds. The summed E-state index contributed by atoms with van der Waals surface area (Å²) < 4.78 is 0. The molecule has 236 valence electrons. The largest absolute Gasteiger partial charge is 0.515 e. The molecule has 2 aliphatic heterocycles. The quantitative estimate of drug-likeness (QED) is 0.140. The molecule has 2 aliphatic rings. The van der Waals surface area contributed by atoms with Gasteiger partial charge in [-0.15, -0.1) is 0 Å². The lowest BCUT2D eigenvalue weighted by Crippen LogP contribution is -2.28. The number of carbonyl (C=O) groups is 4. The summed E-state index contributed by atoms with van der Waals surface area (Å²) in [6.07, 6.45) is 6.55. The van der Waals surface area contributed by atoms with E-state index < -0.39 is 18.0 Å². The van der Waals surface area contributed by atoms with Crippen LogP contribution in [0.4, 0.5) is 0 Å². The molecule has 0 aromatic carbocycles. The maximum Gasteiger partial charge on any atom is 0.303 e. The number of amides is 2. The summed E-state index contributed by atoms with van der Waals surface area (Å²) in [5.41, 5.74) is 8.47. The minimum atomic E-state index is -0.922. The predicted octanol–water partition coefficient (Wildman–Crippen LogP) is 4.15. The molecule has 2 aromatic rings. The summed E-state index contributed by atoms with van der Waals surface area (Å²) in [6.45, 7) is 9.54. The van der Waals surface area contributed by atoms with E-state index >= 15 is 0 Å². The molecule has 0 saturated carbocycles. The van der Waals surface area contributed by atoms with Crippen LogP contribution in [0.5, 0.6) is 0 Å². The molecular weight excluding hydrogens is 564 g/mol. The molecule has 0 bridgehead atoms. The minimum Gasteiger partial charge on any atom is -0.515 e. The maximum absolute atomic E-state index is 12.5. The number of aliphatic carboxylic acids is 2. The third-order valence-electron chi connectivity index (χ3n) is 9.11. The first-order valence-electron chi connectivity index (χ1n) is 15.1. The van der Waals surface area contributed by atoms with Crippen LogP contribution in [0.3, 0.4) is 0 Å². The average molecular weight is 607 g/mol. The smallest absolute Gasteiger partial charge is 0.303 e. The number of aromatic amines is 2. The number of hydrogen-bond donors (Lipinski definition) is 7. The minimum absolute atomic E-state index is 0.0182. The van der Waals surface area contributed by atoms with Crippen molar-refractivity contribution < 1.29 is 34.5 Å². The van der Waals surface area contributed by atoms with Gasteiger partial charge in [0.2, 0.25) is 5.91 Å². The molecule has 4 rings (SSSR count). The van der Waals surface area contributed by atoms with Crippen molar-refractivity contribution in [1.82, 2.24) is 20.6 Å². The number of rotatable bonds is 12. The highest BCUT2D eigenvalue weighted by atomic mass is 16.4. The molecule has 44 heavy (non-hydrogen) atoms. The van der Waals surface area contributed by atoms with Crippen molar-refractivity contribution >= 4 is 29.8 Å². The highest BCUT2D eigenvalue weighted by Crippen LogP contribution is 2.33. The van der Waals surface area contributed by atoms with Crippen LogP contribution in [0.1, 0.15) is 85.1 Å². The Hall–Kier alpha value is -4.54. The molecule has 0 unspecified atom stereocenters. The van der Waals surface area contributed by atoms with E-state index in [-0.39, 0.29) is 42.9 Å². The summed E-state index contributed by atoms with van der Waals surface area (Å²) >= 11 is 0. The van der Waals surface area contributed by atoms with Gasteiger partial charge in [0.1, 0.15) is 0 Å². The van der Waals surface area contributed by atoms with Crippen LogP contribution >= 0.6 is 0 Å². The van der Waals surface area contributed by atoms with Crippen molar-refractivity contribution in [2.45, 2.75) is 85.6 Å². The second-order valence-electron chi connectivity index (χ2n) is 11.7. The van der Waals surface area contributed by atoms with Gasteiger partial charge in [-0.1, -0.05) is 19.9 Å². The first-order valence-corrected chi connectivity index (χ1v) is 15.1. The molecule has 0 spiro atoms. The van der Waals surface area contributed by atoms with Gasteiger partial charge in [0, 0.05) is 77.1 Å². The Morgan fingerprint density at radius 2 is 1.55 bits per heavy atom. The molecule has 0 radical (unpaired) electrons. The lowest BCUT2D eigenvalue weighted by Gasteiger charge is -2.11. The van der Waals surface area contributed by atoms with Gasteiger partial charge in [0.15, 0.2) is 0 Å². The highest BCUT2D eigenvalue weighted by molar-refractivity contribution is 6.02. The van der Waals surface area contributed by atoms with Crippen LogP contribution in [0.15, 0.2) is 29.2 Å². The van der Waals surface area contributed by atoms with E-state index in [9.17, 15) is 34.5 Å². The number of hydrogen-bond acceptors (Lipinski definition) is 5. The van der Waals surface area contributed by atoms with E-state index in [2.05, 4.69) is 20.6 Å². The fourth-order valence-corrected chi connectivity index (χ4v) is 6.58.